The number of fused-ring (bicyclic) bond motifs is 3. The fraction of sp³-hybridized carbons (Fsp3) is 0.261. The van der Waals surface area contributed by atoms with Crippen LogP contribution in [0.5, 0.6) is 5.75 Å². The summed E-state index contributed by atoms with van der Waals surface area (Å²) in [6.07, 6.45) is 5.65. The zero-order chi connectivity index (χ0) is 24.0. The predicted octanol–water partition coefficient (Wildman–Crippen LogP) is 4.31. The molecule has 0 bridgehead atoms. The molecule has 8 nitrogen and oxygen atoms in total. The molecule has 2 aromatic heterocycles. The fourth-order valence-electron chi connectivity index (χ4n) is 4.43. The molecule has 176 valence electrons. The summed E-state index contributed by atoms with van der Waals surface area (Å²) >= 11 is 0. The number of hydrogen-bond acceptors (Lipinski definition) is 6. The van der Waals surface area contributed by atoms with E-state index in [0.717, 1.165) is 34.2 Å². The van der Waals surface area contributed by atoms with Crippen molar-refractivity contribution in [2.75, 3.05) is 11.0 Å². The summed E-state index contributed by atoms with van der Waals surface area (Å²) in [5.41, 5.74) is 3.80. The standard InChI is InChI=1S/C23H21F2N5O3S/c1-13-26-11-15(12-27-13)14-6-7-16-19(10-14)30-18(8-9-21(30)28-16)22-17(29-34(2,31)32)4-3-5-20(22)33-23(24)25/h3-7,10-12,18,23,29H,8-9H2,1-2H3/t18-/m1/s1. The molecule has 4 aromatic rings. The number of nitrogens with one attached hydrogen (secondary N) is 1. The van der Waals surface area contributed by atoms with Gasteiger partial charge in [-0.3, -0.25) is 4.72 Å². The van der Waals surface area contributed by atoms with Crippen molar-refractivity contribution in [3.63, 3.8) is 0 Å². The van der Waals surface area contributed by atoms with Gasteiger partial charge < -0.3 is 9.30 Å². The summed E-state index contributed by atoms with van der Waals surface area (Å²) in [6, 6.07) is 9.76. The highest BCUT2D eigenvalue weighted by atomic mass is 32.2. The van der Waals surface area contributed by atoms with Crippen molar-refractivity contribution in [3.05, 3.63) is 66.0 Å². The molecule has 0 aliphatic carbocycles. The predicted molar refractivity (Wildman–Crippen MR) is 123 cm³/mol. The van der Waals surface area contributed by atoms with Crippen LogP contribution in [0.4, 0.5) is 14.5 Å². The average Bonchev–Trinajstić information content (AvgIpc) is 3.32. The molecular formula is C23H21F2N5O3S. The second-order valence-electron chi connectivity index (χ2n) is 8.15. The summed E-state index contributed by atoms with van der Waals surface area (Å²) < 4.78 is 59.7. The lowest BCUT2D eigenvalue weighted by Gasteiger charge is -2.22. The van der Waals surface area contributed by atoms with E-state index in [4.69, 9.17) is 9.72 Å². The first-order valence-corrected chi connectivity index (χ1v) is 12.4. The van der Waals surface area contributed by atoms with Gasteiger partial charge in [-0.25, -0.2) is 23.4 Å². The van der Waals surface area contributed by atoms with Crippen LogP contribution in [-0.4, -0.2) is 40.8 Å². The maximum Gasteiger partial charge on any atom is 0.387 e. The van der Waals surface area contributed by atoms with E-state index in [0.29, 0.717) is 24.2 Å². The van der Waals surface area contributed by atoms with Gasteiger partial charge in [-0.15, -0.1) is 0 Å². The number of halogens is 2. The van der Waals surface area contributed by atoms with Crippen molar-refractivity contribution in [1.82, 2.24) is 19.5 Å². The number of hydrogen-bond donors (Lipinski definition) is 1. The Morgan fingerprint density at radius 2 is 1.91 bits per heavy atom. The van der Waals surface area contributed by atoms with Gasteiger partial charge in [-0.1, -0.05) is 12.1 Å². The van der Waals surface area contributed by atoms with Gasteiger partial charge in [0.05, 0.1) is 29.0 Å². The average molecular weight is 486 g/mol. The molecule has 3 heterocycles. The molecule has 2 aromatic carbocycles. The Kier molecular flexibility index (Phi) is 5.43. The number of ether oxygens (including phenoxy) is 1. The van der Waals surface area contributed by atoms with E-state index in [-0.39, 0.29) is 11.4 Å². The van der Waals surface area contributed by atoms with E-state index in [2.05, 4.69) is 14.7 Å². The Balaban J connectivity index is 1.68. The number of alkyl halides is 2. The Bertz CT molecular complexity index is 1490. The van der Waals surface area contributed by atoms with Gasteiger partial charge in [0, 0.05) is 29.9 Å². The molecule has 1 aliphatic heterocycles. The number of nitrogens with zero attached hydrogens (tertiary/aromatic N) is 4. The summed E-state index contributed by atoms with van der Waals surface area (Å²) in [4.78, 5) is 13.2. The van der Waals surface area contributed by atoms with Gasteiger partial charge in [-0.05, 0) is 43.2 Å². The number of sulfonamides is 1. The first kappa shape index (κ1) is 22.2. The van der Waals surface area contributed by atoms with Crippen LogP contribution in [0.3, 0.4) is 0 Å². The van der Waals surface area contributed by atoms with Crippen LogP contribution < -0.4 is 9.46 Å². The van der Waals surface area contributed by atoms with E-state index in [1.54, 1.807) is 18.5 Å². The molecule has 0 saturated carbocycles. The van der Waals surface area contributed by atoms with Crippen LogP contribution in [-0.2, 0) is 16.4 Å². The molecule has 0 saturated heterocycles. The number of imidazole rings is 1. The molecule has 1 atom stereocenters. The third-order valence-corrected chi connectivity index (χ3v) is 6.33. The first-order chi connectivity index (χ1) is 16.2. The topological polar surface area (TPSA) is 99.0 Å². The van der Waals surface area contributed by atoms with Gasteiger partial charge in [0.15, 0.2) is 0 Å². The summed E-state index contributed by atoms with van der Waals surface area (Å²) in [7, 11) is -3.66. The highest BCUT2D eigenvalue weighted by Crippen LogP contribution is 2.44. The van der Waals surface area contributed by atoms with Crippen molar-refractivity contribution in [1.29, 1.82) is 0 Å². The van der Waals surface area contributed by atoms with Gasteiger partial charge in [0.2, 0.25) is 10.0 Å². The second-order valence-corrected chi connectivity index (χ2v) is 9.89. The van der Waals surface area contributed by atoms with E-state index in [1.807, 2.05) is 29.7 Å². The van der Waals surface area contributed by atoms with Gasteiger partial charge >= 0.3 is 6.61 Å². The fourth-order valence-corrected chi connectivity index (χ4v) is 5.01. The van der Waals surface area contributed by atoms with E-state index in [1.165, 1.54) is 12.1 Å². The smallest absolute Gasteiger partial charge is 0.387 e. The quantitative estimate of drug-likeness (QED) is 0.437. The first-order valence-electron chi connectivity index (χ1n) is 10.5. The van der Waals surface area contributed by atoms with Crippen molar-refractivity contribution in [3.8, 4) is 16.9 Å². The van der Waals surface area contributed by atoms with E-state index < -0.39 is 22.7 Å². The van der Waals surface area contributed by atoms with Gasteiger partial charge in [0.1, 0.15) is 17.4 Å². The molecule has 0 radical (unpaired) electrons. The van der Waals surface area contributed by atoms with E-state index >= 15 is 0 Å². The van der Waals surface area contributed by atoms with Crippen LogP contribution in [0.1, 0.15) is 29.7 Å². The Morgan fingerprint density at radius 3 is 2.62 bits per heavy atom. The van der Waals surface area contributed by atoms with E-state index in [9.17, 15) is 17.2 Å². The Morgan fingerprint density at radius 1 is 1.15 bits per heavy atom. The maximum absolute atomic E-state index is 13.2. The molecule has 1 aliphatic rings. The number of anilines is 1. The largest absolute Gasteiger partial charge is 0.434 e. The SMILES string of the molecule is Cc1ncc(-c2ccc3nc4n(c3c2)[C@@H](c2c(NS(C)(=O)=O)cccc2OC(F)F)CC4)cn1. The van der Waals surface area contributed by atoms with Crippen LogP contribution in [0.25, 0.3) is 22.2 Å². The molecule has 0 unspecified atom stereocenters. The zero-order valence-corrected chi connectivity index (χ0v) is 19.2. The highest BCUT2D eigenvalue weighted by Gasteiger charge is 2.32. The van der Waals surface area contributed by atoms with Crippen LogP contribution in [0.15, 0.2) is 48.8 Å². The summed E-state index contributed by atoms with van der Waals surface area (Å²) in [5, 5.41) is 0. The molecule has 5 rings (SSSR count). The molecule has 0 spiro atoms. The lowest BCUT2D eigenvalue weighted by molar-refractivity contribution is -0.0506. The molecule has 1 N–H and O–H groups in total. The van der Waals surface area contributed by atoms with Crippen LogP contribution in [0.2, 0.25) is 0 Å². The maximum atomic E-state index is 13.2. The Labute approximate surface area is 194 Å². The molecule has 34 heavy (non-hydrogen) atoms. The monoisotopic (exact) mass is 485 g/mol. The van der Waals surface area contributed by atoms with Gasteiger partial charge in [-0.2, -0.15) is 8.78 Å². The zero-order valence-electron chi connectivity index (χ0n) is 18.4. The highest BCUT2D eigenvalue weighted by molar-refractivity contribution is 7.92. The van der Waals surface area contributed by atoms with Crippen molar-refractivity contribution in [2.45, 2.75) is 32.4 Å². The number of aromatic nitrogens is 4. The number of benzene rings is 2. The Hall–Kier alpha value is -3.60. The lowest BCUT2D eigenvalue weighted by Crippen LogP contribution is -2.16. The second kappa shape index (κ2) is 8.32. The molecular weight excluding hydrogens is 464 g/mol. The summed E-state index contributed by atoms with van der Waals surface area (Å²) in [5.74, 6) is 1.37. The van der Waals surface area contributed by atoms with Crippen molar-refractivity contribution in [2.24, 2.45) is 0 Å². The normalized spacial score (nSPS) is 15.6. The van der Waals surface area contributed by atoms with Crippen LogP contribution >= 0.6 is 0 Å². The van der Waals surface area contributed by atoms with Gasteiger partial charge in [0.25, 0.3) is 0 Å². The summed E-state index contributed by atoms with van der Waals surface area (Å²) in [6.45, 7) is -1.25. The third kappa shape index (κ3) is 4.18. The lowest BCUT2D eigenvalue weighted by atomic mass is 10.0. The number of rotatable bonds is 6. The van der Waals surface area contributed by atoms with Crippen molar-refractivity contribution < 1.29 is 21.9 Å². The minimum Gasteiger partial charge on any atom is -0.434 e. The molecule has 0 fully saturated rings. The number of aryl methyl sites for hydroxylation is 2. The minimum absolute atomic E-state index is 0.0774. The minimum atomic E-state index is -3.66. The van der Waals surface area contributed by atoms with Crippen molar-refractivity contribution >= 4 is 26.7 Å². The molecule has 11 heteroatoms. The molecule has 0 amide bonds. The third-order valence-electron chi connectivity index (χ3n) is 5.74. The van der Waals surface area contributed by atoms with Crippen LogP contribution in [0, 0.1) is 6.92 Å².